The van der Waals surface area contributed by atoms with Crippen molar-refractivity contribution in [3.63, 3.8) is 0 Å². The summed E-state index contributed by atoms with van der Waals surface area (Å²) in [6.45, 7) is 1.01. The fourth-order valence-electron chi connectivity index (χ4n) is 5.02. The van der Waals surface area contributed by atoms with Crippen LogP contribution in [0.5, 0.6) is 0 Å². The van der Waals surface area contributed by atoms with Gasteiger partial charge in [0, 0.05) is 31.2 Å². The number of hydrogen-bond acceptors (Lipinski definition) is 5. The number of amides is 2. The van der Waals surface area contributed by atoms with Crippen LogP contribution in [0.15, 0.2) is 30.3 Å². The molecule has 0 aromatic heterocycles. The summed E-state index contributed by atoms with van der Waals surface area (Å²) in [6.07, 6.45) is 7.75. The highest BCUT2D eigenvalue weighted by Gasteiger charge is 2.55. The van der Waals surface area contributed by atoms with Crippen molar-refractivity contribution < 1.29 is 28.6 Å². The summed E-state index contributed by atoms with van der Waals surface area (Å²) < 4.78 is 27.5. The minimum absolute atomic E-state index is 0.00420. The smallest absolute Gasteiger partial charge is 0.237 e. The molecule has 2 aromatic carbocycles. The van der Waals surface area contributed by atoms with E-state index < -0.39 is 23.2 Å². The van der Waals surface area contributed by atoms with Gasteiger partial charge in [-0.2, -0.15) is 0 Å². The third-order valence-corrected chi connectivity index (χ3v) is 7.63. The van der Waals surface area contributed by atoms with E-state index in [-0.39, 0.29) is 28.5 Å². The van der Waals surface area contributed by atoms with Gasteiger partial charge in [-0.15, -0.1) is 0 Å². The quantitative estimate of drug-likeness (QED) is 0.262. The molecule has 2 aliphatic heterocycles. The monoisotopic (exact) mass is 571 g/mol. The maximum atomic E-state index is 14.0. The molecule has 1 saturated carbocycles. The van der Waals surface area contributed by atoms with E-state index in [0.717, 1.165) is 5.56 Å². The van der Waals surface area contributed by atoms with Crippen LogP contribution < -0.4 is 16.0 Å². The number of aliphatic hydroxyl groups is 2. The lowest BCUT2D eigenvalue weighted by Crippen LogP contribution is -2.41. The standard InChI is InChI=1S/C17H12Cl2F2N2O.C5H11NO3.C5H10/c18-11-3-8(1-2-13(11)20)10-6-22-7-17(10)9-4-14(21)12(19)5-15(9)23-16(17)24;7-3-5(9)1-2-6-4-8;1-2-4-5-3-1/h1-5,10,22H,6-7H2,(H,23,24);4-5,7,9H,1-3H2,(H,6,8);1-5H2/t10-,17-;;/m1../s1. The molecule has 3 aliphatic rings. The number of nitrogens with one attached hydrogen (secondary N) is 3. The van der Waals surface area contributed by atoms with Crippen LogP contribution in [0.2, 0.25) is 10.0 Å². The molecule has 2 heterocycles. The third kappa shape index (κ3) is 7.01. The van der Waals surface area contributed by atoms with Crippen molar-refractivity contribution in [1.29, 1.82) is 0 Å². The van der Waals surface area contributed by atoms with Crippen molar-refractivity contribution in [3.05, 3.63) is 63.1 Å². The lowest BCUT2D eigenvalue weighted by atomic mass is 9.70. The minimum atomic E-state index is -0.970. The average Bonchev–Trinajstić information content (AvgIpc) is 3.66. The number of hydrogen-bond donors (Lipinski definition) is 5. The molecule has 208 valence electrons. The number of halogens is 4. The van der Waals surface area contributed by atoms with Crippen molar-refractivity contribution in [2.45, 2.75) is 56.0 Å². The zero-order valence-corrected chi connectivity index (χ0v) is 22.4. The van der Waals surface area contributed by atoms with E-state index in [1.165, 1.54) is 56.4 Å². The van der Waals surface area contributed by atoms with Gasteiger partial charge in [0.15, 0.2) is 0 Å². The van der Waals surface area contributed by atoms with Crippen molar-refractivity contribution in [3.8, 4) is 0 Å². The summed E-state index contributed by atoms with van der Waals surface area (Å²) in [5, 5.41) is 25.2. The minimum Gasteiger partial charge on any atom is -0.394 e. The molecule has 1 unspecified atom stereocenters. The normalized spacial score (nSPS) is 22.1. The largest absolute Gasteiger partial charge is 0.394 e. The topological polar surface area (TPSA) is 111 Å². The van der Waals surface area contributed by atoms with E-state index in [4.69, 9.17) is 33.4 Å². The van der Waals surface area contributed by atoms with Gasteiger partial charge in [0.2, 0.25) is 12.3 Å². The van der Waals surface area contributed by atoms with E-state index in [1.54, 1.807) is 6.07 Å². The van der Waals surface area contributed by atoms with Crippen LogP contribution in [0, 0.1) is 11.6 Å². The summed E-state index contributed by atoms with van der Waals surface area (Å²) in [5.41, 5.74) is 0.824. The van der Waals surface area contributed by atoms with Gasteiger partial charge in [0.1, 0.15) is 11.6 Å². The molecule has 7 nitrogen and oxygen atoms in total. The Kier molecular flexibility index (Phi) is 11.3. The summed E-state index contributed by atoms with van der Waals surface area (Å²) in [5.74, 6) is -1.62. The van der Waals surface area contributed by atoms with E-state index >= 15 is 0 Å². The molecule has 0 radical (unpaired) electrons. The van der Waals surface area contributed by atoms with Crippen LogP contribution in [0.25, 0.3) is 0 Å². The summed E-state index contributed by atoms with van der Waals surface area (Å²) in [4.78, 5) is 22.4. The second kappa shape index (κ2) is 14.2. The predicted molar refractivity (Wildman–Crippen MR) is 144 cm³/mol. The molecule has 3 atom stereocenters. The third-order valence-electron chi connectivity index (χ3n) is 7.05. The molecule has 38 heavy (non-hydrogen) atoms. The van der Waals surface area contributed by atoms with Crippen LogP contribution in [0.3, 0.4) is 0 Å². The first kappa shape index (κ1) is 30.2. The van der Waals surface area contributed by atoms with Crippen molar-refractivity contribution in [2.24, 2.45) is 0 Å². The highest BCUT2D eigenvalue weighted by atomic mass is 35.5. The van der Waals surface area contributed by atoms with Crippen LogP contribution in [-0.2, 0) is 15.0 Å². The molecule has 1 saturated heterocycles. The second-order valence-corrected chi connectivity index (χ2v) is 10.4. The molecule has 11 heteroatoms. The number of rotatable bonds is 6. The molecular weight excluding hydrogens is 539 g/mol. The van der Waals surface area contributed by atoms with Gasteiger partial charge in [-0.25, -0.2) is 8.78 Å². The Hall–Kier alpha value is -2.30. The van der Waals surface area contributed by atoms with Crippen LogP contribution in [0.4, 0.5) is 14.5 Å². The average molecular weight is 572 g/mol. The maximum Gasteiger partial charge on any atom is 0.237 e. The lowest BCUT2D eigenvalue weighted by molar-refractivity contribution is -0.120. The molecular formula is C27H33Cl2F2N3O4. The van der Waals surface area contributed by atoms with Gasteiger partial charge < -0.3 is 26.2 Å². The molecule has 1 spiro atoms. The van der Waals surface area contributed by atoms with Gasteiger partial charge in [-0.05, 0) is 41.8 Å². The summed E-state index contributed by atoms with van der Waals surface area (Å²) >= 11 is 11.7. The summed E-state index contributed by atoms with van der Waals surface area (Å²) in [7, 11) is 0. The maximum absolute atomic E-state index is 14.0. The number of anilines is 1. The zero-order chi connectivity index (χ0) is 27.7. The lowest BCUT2D eigenvalue weighted by Gasteiger charge is -2.29. The van der Waals surface area contributed by atoms with Gasteiger partial charge in [0.05, 0.1) is 28.2 Å². The number of aliphatic hydroxyl groups excluding tert-OH is 2. The molecule has 0 bridgehead atoms. The Morgan fingerprint density at radius 3 is 2.34 bits per heavy atom. The van der Waals surface area contributed by atoms with E-state index in [1.807, 2.05) is 0 Å². The molecule has 2 aromatic rings. The fraction of sp³-hybridized carbons (Fsp3) is 0.481. The van der Waals surface area contributed by atoms with Gasteiger partial charge in [0.25, 0.3) is 0 Å². The van der Waals surface area contributed by atoms with E-state index in [2.05, 4.69) is 16.0 Å². The predicted octanol–water partition coefficient (Wildman–Crippen LogP) is 4.27. The Morgan fingerprint density at radius 1 is 1.08 bits per heavy atom. The molecule has 1 aliphatic carbocycles. The Balaban J connectivity index is 0.000000236. The first-order valence-corrected chi connectivity index (χ1v) is 13.4. The van der Waals surface area contributed by atoms with E-state index in [0.29, 0.717) is 43.7 Å². The first-order valence-electron chi connectivity index (χ1n) is 12.7. The van der Waals surface area contributed by atoms with Gasteiger partial charge >= 0.3 is 0 Å². The Morgan fingerprint density at radius 2 is 1.74 bits per heavy atom. The van der Waals surface area contributed by atoms with Crippen molar-refractivity contribution >= 4 is 41.2 Å². The molecule has 5 N–H and O–H groups in total. The van der Waals surface area contributed by atoms with Gasteiger partial charge in [-0.1, -0.05) is 61.4 Å². The van der Waals surface area contributed by atoms with Crippen molar-refractivity contribution in [1.82, 2.24) is 10.6 Å². The number of benzene rings is 2. The first-order chi connectivity index (χ1) is 18.2. The molecule has 2 fully saturated rings. The number of fused-ring (bicyclic) bond motifs is 2. The van der Waals surface area contributed by atoms with Crippen LogP contribution >= 0.6 is 23.2 Å². The number of carbonyl (C=O) groups excluding carboxylic acids is 2. The molecule has 5 rings (SSSR count). The SMILES string of the molecule is C1CCCC1.O=C1Nc2cc(Cl)c(F)cc2[C@@]12CNC[C@@H]2c1ccc(F)c(Cl)c1.O=CNCCC(O)CO. The summed E-state index contributed by atoms with van der Waals surface area (Å²) in [6, 6.07) is 7.14. The Bertz CT molecular complexity index is 1110. The van der Waals surface area contributed by atoms with Crippen molar-refractivity contribution in [2.75, 3.05) is 31.6 Å². The van der Waals surface area contributed by atoms with Crippen LogP contribution in [0.1, 0.15) is 55.6 Å². The second-order valence-electron chi connectivity index (χ2n) is 9.56. The number of carbonyl (C=O) groups is 2. The molecule has 2 amide bonds. The highest BCUT2D eigenvalue weighted by Crippen LogP contribution is 2.50. The van der Waals surface area contributed by atoms with Gasteiger partial charge in [-0.3, -0.25) is 9.59 Å². The Labute approximate surface area is 230 Å². The van der Waals surface area contributed by atoms with Crippen LogP contribution in [-0.4, -0.2) is 54.9 Å². The fourth-order valence-corrected chi connectivity index (χ4v) is 5.38. The van der Waals surface area contributed by atoms with E-state index in [9.17, 15) is 18.4 Å². The zero-order valence-electron chi connectivity index (χ0n) is 20.9. The highest BCUT2D eigenvalue weighted by molar-refractivity contribution is 6.31.